The maximum atomic E-state index is 6.08. The lowest BCUT2D eigenvalue weighted by molar-refractivity contribution is 0.233. The summed E-state index contributed by atoms with van der Waals surface area (Å²) in [7, 11) is 0. The van der Waals surface area contributed by atoms with Crippen LogP contribution in [0.4, 0.5) is 5.82 Å². The lowest BCUT2D eigenvalue weighted by Crippen LogP contribution is -2.29. The van der Waals surface area contributed by atoms with E-state index in [2.05, 4.69) is 17.2 Å². The molecule has 1 fully saturated rings. The first-order valence-electron chi connectivity index (χ1n) is 6.14. The molecular weight excluding hydrogens is 255 g/mol. The van der Waals surface area contributed by atoms with Crippen LogP contribution in [0.15, 0.2) is 12.3 Å². The molecule has 0 atom stereocenters. The summed E-state index contributed by atoms with van der Waals surface area (Å²) in [6, 6.07) is 1.72. The predicted octanol–water partition coefficient (Wildman–Crippen LogP) is 4.77. The van der Waals surface area contributed by atoms with E-state index in [9.17, 15) is 0 Å². The molecule has 94 valence electrons. The number of hydrogen-bond donors (Lipinski definition) is 1. The minimum absolute atomic E-state index is 0.378. The van der Waals surface area contributed by atoms with Crippen LogP contribution < -0.4 is 5.32 Å². The molecule has 2 rings (SSSR count). The van der Waals surface area contributed by atoms with Gasteiger partial charge in [0.05, 0.1) is 10.0 Å². The van der Waals surface area contributed by atoms with Crippen LogP contribution in [-0.4, -0.2) is 11.5 Å². The second-order valence-corrected chi connectivity index (χ2v) is 6.05. The van der Waals surface area contributed by atoms with Crippen molar-refractivity contribution in [1.82, 2.24) is 4.98 Å². The molecule has 0 aliphatic heterocycles. The summed E-state index contributed by atoms with van der Waals surface area (Å²) >= 11 is 11.9. The molecule has 1 aliphatic rings. The van der Waals surface area contributed by atoms with Crippen LogP contribution in [0.2, 0.25) is 10.0 Å². The van der Waals surface area contributed by atoms with Crippen LogP contribution in [-0.2, 0) is 0 Å². The first kappa shape index (κ1) is 13.0. The van der Waals surface area contributed by atoms with Crippen LogP contribution in [0.1, 0.15) is 39.0 Å². The van der Waals surface area contributed by atoms with E-state index in [4.69, 9.17) is 23.2 Å². The van der Waals surface area contributed by atoms with Gasteiger partial charge in [0.15, 0.2) is 0 Å². The van der Waals surface area contributed by atoms with Crippen molar-refractivity contribution >= 4 is 29.0 Å². The van der Waals surface area contributed by atoms with E-state index in [1.54, 1.807) is 12.3 Å². The molecule has 0 saturated heterocycles. The summed E-state index contributed by atoms with van der Waals surface area (Å²) in [4.78, 5) is 4.22. The van der Waals surface area contributed by atoms with Crippen molar-refractivity contribution in [3.8, 4) is 0 Å². The van der Waals surface area contributed by atoms with E-state index in [1.807, 2.05) is 0 Å². The molecular formula is C13H18Cl2N2. The zero-order valence-electron chi connectivity index (χ0n) is 10.1. The number of rotatable bonds is 3. The Labute approximate surface area is 113 Å². The fraction of sp³-hybridized carbons (Fsp3) is 0.615. The summed E-state index contributed by atoms with van der Waals surface area (Å²) in [6.07, 6.45) is 8.23. The topological polar surface area (TPSA) is 24.9 Å². The number of pyridine rings is 1. The highest BCUT2D eigenvalue weighted by Crippen LogP contribution is 2.36. The van der Waals surface area contributed by atoms with Gasteiger partial charge in [0.2, 0.25) is 0 Å². The minimum Gasteiger partial charge on any atom is -0.368 e. The molecule has 1 heterocycles. The Bertz CT molecular complexity index is 387. The molecule has 1 N–H and O–H groups in total. The van der Waals surface area contributed by atoms with Crippen molar-refractivity contribution in [1.29, 1.82) is 0 Å². The third kappa shape index (κ3) is 3.49. The van der Waals surface area contributed by atoms with Crippen LogP contribution in [0.3, 0.4) is 0 Å². The molecule has 1 saturated carbocycles. The Kier molecular flexibility index (Phi) is 4.16. The van der Waals surface area contributed by atoms with Gasteiger partial charge in [0.25, 0.3) is 0 Å². The lowest BCUT2D eigenvalue weighted by atomic mass is 9.76. The monoisotopic (exact) mass is 272 g/mol. The first-order chi connectivity index (χ1) is 8.09. The fourth-order valence-corrected chi connectivity index (χ4v) is 2.87. The fourth-order valence-electron chi connectivity index (χ4n) is 2.42. The Balaban J connectivity index is 1.97. The molecule has 0 radical (unpaired) electrons. The van der Waals surface area contributed by atoms with Gasteiger partial charge in [0, 0.05) is 12.7 Å². The maximum absolute atomic E-state index is 6.08. The normalized spacial score (nSPS) is 19.0. The van der Waals surface area contributed by atoms with Gasteiger partial charge in [-0.2, -0.15) is 0 Å². The third-order valence-corrected chi connectivity index (χ3v) is 4.05. The smallest absolute Gasteiger partial charge is 0.144 e. The largest absolute Gasteiger partial charge is 0.368 e. The second-order valence-electron chi connectivity index (χ2n) is 5.21. The first-order valence-corrected chi connectivity index (χ1v) is 6.90. The van der Waals surface area contributed by atoms with Crippen molar-refractivity contribution in [2.75, 3.05) is 11.9 Å². The number of anilines is 1. The van der Waals surface area contributed by atoms with Crippen molar-refractivity contribution < 1.29 is 0 Å². The van der Waals surface area contributed by atoms with E-state index in [0.29, 0.717) is 15.5 Å². The number of halogens is 2. The summed E-state index contributed by atoms with van der Waals surface area (Å²) in [6.45, 7) is 3.27. The molecule has 0 bridgehead atoms. The molecule has 0 aromatic carbocycles. The summed E-state index contributed by atoms with van der Waals surface area (Å²) in [5.41, 5.74) is 0.378. The molecule has 0 amide bonds. The van der Waals surface area contributed by atoms with E-state index in [-0.39, 0.29) is 0 Å². The number of nitrogens with one attached hydrogen (secondary N) is 1. The highest BCUT2D eigenvalue weighted by Gasteiger charge is 2.26. The van der Waals surface area contributed by atoms with Gasteiger partial charge < -0.3 is 5.32 Å². The Morgan fingerprint density at radius 2 is 2.00 bits per heavy atom. The Morgan fingerprint density at radius 3 is 2.65 bits per heavy atom. The van der Waals surface area contributed by atoms with E-state index >= 15 is 0 Å². The van der Waals surface area contributed by atoms with E-state index in [1.165, 1.54) is 32.1 Å². The van der Waals surface area contributed by atoms with Crippen molar-refractivity contribution in [2.45, 2.75) is 39.0 Å². The van der Waals surface area contributed by atoms with Gasteiger partial charge in [-0.1, -0.05) is 49.4 Å². The molecule has 1 aliphatic carbocycles. The van der Waals surface area contributed by atoms with Crippen molar-refractivity contribution in [3.63, 3.8) is 0 Å². The second kappa shape index (κ2) is 5.45. The summed E-state index contributed by atoms with van der Waals surface area (Å²) in [5, 5.41) is 4.52. The van der Waals surface area contributed by atoms with E-state index in [0.717, 1.165) is 12.4 Å². The molecule has 0 unspecified atom stereocenters. The highest BCUT2D eigenvalue weighted by molar-refractivity contribution is 6.35. The third-order valence-electron chi connectivity index (χ3n) is 3.55. The number of aromatic nitrogens is 1. The molecule has 1 aromatic rings. The van der Waals surface area contributed by atoms with Crippen molar-refractivity contribution in [3.05, 3.63) is 22.3 Å². The van der Waals surface area contributed by atoms with Gasteiger partial charge in [-0.15, -0.1) is 0 Å². The van der Waals surface area contributed by atoms with Gasteiger partial charge in [-0.3, -0.25) is 0 Å². The SMILES string of the molecule is CC1(CNc2ncc(Cl)cc2Cl)CCCCC1. The molecule has 4 heteroatoms. The quantitative estimate of drug-likeness (QED) is 0.858. The predicted molar refractivity (Wildman–Crippen MR) is 73.9 cm³/mol. The van der Waals surface area contributed by atoms with E-state index < -0.39 is 0 Å². The Morgan fingerprint density at radius 1 is 1.29 bits per heavy atom. The van der Waals surface area contributed by atoms with Gasteiger partial charge in [-0.05, 0) is 24.3 Å². The minimum atomic E-state index is 0.378. The zero-order valence-corrected chi connectivity index (χ0v) is 11.6. The molecule has 17 heavy (non-hydrogen) atoms. The van der Waals surface area contributed by atoms with Crippen molar-refractivity contribution in [2.24, 2.45) is 5.41 Å². The molecule has 1 aromatic heterocycles. The summed E-state index contributed by atoms with van der Waals surface area (Å²) < 4.78 is 0. The molecule has 2 nitrogen and oxygen atoms in total. The van der Waals surface area contributed by atoms with Gasteiger partial charge >= 0.3 is 0 Å². The number of hydrogen-bond acceptors (Lipinski definition) is 2. The zero-order chi connectivity index (χ0) is 12.3. The Hall–Kier alpha value is -0.470. The lowest BCUT2D eigenvalue weighted by Gasteiger charge is -2.33. The maximum Gasteiger partial charge on any atom is 0.144 e. The van der Waals surface area contributed by atoms with Crippen LogP contribution in [0.5, 0.6) is 0 Å². The number of nitrogens with zero attached hydrogens (tertiary/aromatic N) is 1. The average Bonchev–Trinajstić information content (AvgIpc) is 2.29. The average molecular weight is 273 g/mol. The summed E-state index contributed by atoms with van der Waals surface area (Å²) in [5.74, 6) is 0.739. The van der Waals surface area contributed by atoms with Gasteiger partial charge in [-0.25, -0.2) is 4.98 Å². The van der Waals surface area contributed by atoms with Crippen LogP contribution >= 0.6 is 23.2 Å². The standard InChI is InChI=1S/C13H18Cl2N2/c1-13(5-3-2-4-6-13)9-17-12-11(15)7-10(14)8-16-12/h7-8H,2-6,9H2,1H3,(H,16,17). The van der Waals surface area contributed by atoms with Gasteiger partial charge in [0.1, 0.15) is 5.82 Å². The highest BCUT2D eigenvalue weighted by atomic mass is 35.5. The molecule has 0 spiro atoms. The van der Waals surface area contributed by atoms with Crippen LogP contribution in [0, 0.1) is 5.41 Å². The van der Waals surface area contributed by atoms with Crippen LogP contribution in [0.25, 0.3) is 0 Å².